The number of nitrogens with one attached hydrogen (secondary N) is 2. The summed E-state index contributed by atoms with van der Waals surface area (Å²) in [5.41, 5.74) is 4.43. The molecule has 0 bridgehead atoms. The molecule has 0 saturated carbocycles. The average molecular weight is 513 g/mol. The second kappa shape index (κ2) is 12.1. The van der Waals surface area contributed by atoms with Crippen LogP contribution >= 0.6 is 24.0 Å². The van der Waals surface area contributed by atoms with Crippen LogP contribution in [-0.2, 0) is 16.0 Å². The molecule has 0 amide bonds. The van der Waals surface area contributed by atoms with E-state index in [-0.39, 0.29) is 30.1 Å². The van der Waals surface area contributed by atoms with Crippen LogP contribution in [0.4, 0.5) is 0 Å². The van der Waals surface area contributed by atoms with E-state index < -0.39 is 0 Å². The molecule has 1 saturated heterocycles. The summed E-state index contributed by atoms with van der Waals surface area (Å²) in [7, 11) is 1.79. The average Bonchev–Trinajstić information content (AvgIpc) is 3.33. The zero-order valence-electron chi connectivity index (χ0n) is 17.5. The number of guanidine groups is 1. The first kappa shape index (κ1) is 23.6. The fourth-order valence-electron chi connectivity index (χ4n) is 3.32. The van der Waals surface area contributed by atoms with Crippen LogP contribution in [0.25, 0.3) is 5.69 Å². The number of para-hydroxylation sites is 1. The van der Waals surface area contributed by atoms with Gasteiger partial charge in [0.15, 0.2) is 5.96 Å². The van der Waals surface area contributed by atoms with Crippen LogP contribution in [-0.4, -0.2) is 55.3 Å². The first-order valence-corrected chi connectivity index (χ1v) is 9.93. The minimum absolute atomic E-state index is 0. The molecule has 1 aliphatic heterocycles. The van der Waals surface area contributed by atoms with Crippen LogP contribution in [0.15, 0.2) is 35.3 Å². The van der Waals surface area contributed by atoms with Gasteiger partial charge in [-0.1, -0.05) is 18.2 Å². The standard InChI is InChI=1S/C21H31N5O2.HI/c1-16-20(17(2)26(25-16)18-8-5-4-6-9-18)14-24-21(22-3)23-11-7-12-28-19-10-13-27-15-19;/h4-6,8-9,19H,7,10-15H2,1-3H3,(H2,22,23,24);1H. The van der Waals surface area contributed by atoms with Gasteiger partial charge in [0.2, 0.25) is 0 Å². The van der Waals surface area contributed by atoms with Crippen molar-refractivity contribution in [1.82, 2.24) is 20.4 Å². The number of aromatic nitrogens is 2. The molecular weight excluding hydrogens is 481 g/mol. The van der Waals surface area contributed by atoms with Gasteiger partial charge in [-0.25, -0.2) is 4.68 Å². The Balaban J connectivity index is 0.00000300. The second-order valence-electron chi connectivity index (χ2n) is 6.96. The van der Waals surface area contributed by atoms with Crippen LogP contribution in [0.1, 0.15) is 29.8 Å². The van der Waals surface area contributed by atoms with Crippen LogP contribution < -0.4 is 10.6 Å². The van der Waals surface area contributed by atoms with Crippen molar-refractivity contribution in [2.75, 3.05) is 33.4 Å². The smallest absolute Gasteiger partial charge is 0.191 e. The van der Waals surface area contributed by atoms with Crippen LogP contribution in [0.5, 0.6) is 0 Å². The SMILES string of the molecule is CN=C(NCCCOC1CCOC1)NCc1c(C)nn(-c2ccccc2)c1C.I. The van der Waals surface area contributed by atoms with Crippen molar-refractivity contribution in [2.24, 2.45) is 4.99 Å². The lowest BCUT2D eigenvalue weighted by Crippen LogP contribution is -2.37. The molecule has 160 valence electrons. The van der Waals surface area contributed by atoms with Crippen molar-refractivity contribution in [2.45, 2.75) is 39.3 Å². The fourth-order valence-corrected chi connectivity index (χ4v) is 3.32. The minimum Gasteiger partial charge on any atom is -0.379 e. The summed E-state index contributed by atoms with van der Waals surface area (Å²) in [6.45, 7) is 7.92. The third-order valence-electron chi connectivity index (χ3n) is 4.95. The first-order chi connectivity index (χ1) is 13.7. The van der Waals surface area contributed by atoms with E-state index in [1.807, 2.05) is 29.8 Å². The van der Waals surface area contributed by atoms with Gasteiger partial charge in [-0.15, -0.1) is 24.0 Å². The van der Waals surface area contributed by atoms with Crippen molar-refractivity contribution >= 4 is 29.9 Å². The summed E-state index contributed by atoms with van der Waals surface area (Å²) < 4.78 is 13.1. The van der Waals surface area contributed by atoms with E-state index in [9.17, 15) is 0 Å². The predicted molar refractivity (Wildman–Crippen MR) is 126 cm³/mol. The topological polar surface area (TPSA) is 72.7 Å². The Bertz CT molecular complexity index is 773. The molecule has 2 N–H and O–H groups in total. The van der Waals surface area contributed by atoms with E-state index in [0.29, 0.717) is 6.54 Å². The van der Waals surface area contributed by atoms with E-state index >= 15 is 0 Å². The molecule has 2 aromatic rings. The number of halogens is 1. The molecule has 8 heteroatoms. The maximum atomic E-state index is 5.79. The van der Waals surface area contributed by atoms with E-state index in [1.165, 1.54) is 5.56 Å². The van der Waals surface area contributed by atoms with Gasteiger partial charge in [0.25, 0.3) is 0 Å². The van der Waals surface area contributed by atoms with Gasteiger partial charge in [-0.05, 0) is 38.8 Å². The fraction of sp³-hybridized carbons (Fsp3) is 0.524. The van der Waals surface area contributed by atoms with E-state index in [4.69, 9.17) is 14.6 Å². The largest absolute Gasteiger partial charge is 0.379 e. The Hall–Kier alpha value is -1.65. The highest BCUT2D eigenvalue weighted by molar-refractivity contribution is 14.0. The molecule has 1 aliphatic rings. The molecule has 3 rings (SSSR count). The number of hydrogen-bond donors (Lipinski definition) is 2. The molecule has 0 aliphatic carbocycles. The van der Waals surface area contributed by atoms with E-state index in [0.717, 1.165) is 62.2 Å². The molecule has 29 heavy (non-hydrogen) atoms. The van der Waals surface area contributed by atoms with Crippen LogP contribution in [0.3, 0.4) is 0 Å². The van der Waals surface area contributed by atoms with Crippen molar-refractivity contribution in [3.8, 4) is 5.69 Å². The monoisotopic (exact) mass is 513 g/mol. The number of hydrogen-bond acceptors (Lipinski definition) is 4. The van der Waals surface area contributed by atoms with Crippen molar-refractivity contribution < 1.29 is 9.47 Å². The molecule has 7 nitrogen and oxygen atoms in total. The normalized spacial score (nSPS) is 16.5. The number of nitrogens with zero attached hydrogens (tertiary/aromatic N) is 3. The lowest BCUT2D eigenvalue weighted by atomic mass is 10.2. The summed E-state index contributed by atoms with van der Waals surface area (Å²) >= 11 is 0. The number of aliphatic imine (C=N–C) groups is 1. The van der Waals surface area contributed by atoms with Gasteiger partial charge < -0.3 is 20.1 Å². The van der Waals surface area contributed by atoms with Gasteiger partial charge in [0.1, 0.15) is 0 Å². The van der Waals surface area contributed by atoms with E-state index in [1.54, 1.807) is 7.05 Å². The number of aryl methyl sites for hydroxylation is 1. The van der Waals surface area contributed by atoms with Gasteiger partial charge in [-0.2, -0.15) is 5.10 Å². The minimum atomic E-state index is 0. The van der Waals surface area contributed by atoms with E-state index in [2.05, 4.69) is 34.7 Å². The number of benzene rings is 1. The molecule has 0 radical (unpaired) electrons. The molecule has 2 heterocycles. The highest BCUT2D eigenvalue weighted by atomic mass is 127. The zero-order chi connectivity index (χ0) is 19.8. The molecule has 1 fully saturated rings. The summed E-state index contributed by atoms with van der Waals surface area (Å²) in [6, 6.07) is 10.2. The van der Waals surface area contributed by atoms with Crippen molar-refractivity contribution in [3.05, 3.63) is 47.3 Å². The van der Waals surface area contributed by atoms with Crippen LogP contribution in [0, 0.1) is 13.8 Å². The van der Waals surface area contributed by atoms with Gasteiger partial charge in [0, 0.05) is 44.6 Å². The van der Waals surface area contributed by atoms with Gasteiger partial charge >= 0.3 is 0 Å². The maximum absolute atomic E-state index is 5.79. The van der Waals surface area contributed by atoms with Gasteiger partial charge in [0.05, 0.1) is 24.1 Å². The van der Waals surface area contributed by atoms with Gasteiger partial charge in [-0.3, -0.25) is 4.99 Å². The molecule has 1 atom stereocenters. The highest BCUT2D eigenvalue weighted by Crippen LogP contribution is 2.17. The van der Waals surface area contributed by atoms with Crippen molar-refractivity contribution in [3.63, 3.8) is 0 Å². The summed E-state index contributed by atoms with van der Waals surface area (Å²) in [4.78, 5) is 4.31. The maximum Gasteiger partial charge on any atom is 0.191 e. The Morgan fingerprint density at radius 2 is 2.07 bits per heavy atom. The zero-order valence-corrected chi connectivity index (χ0v) is 19.8. The highest BCUT2D eigenvalue weighted by Gasteiger charge is 2.15. The third-order valence-corrected chi connectivity index (χ3v) is 4.95. The summed E-state index contributed by atoms with van der Waals surface area (Å²) in [5.74, 6) is 0.787. The Kier molecular flexibility index (Phi) is 9.89. The van der Waals surface area contributed by atoms with Crippen LogP contribution in [0.2, 0.25) is 0 Å². The second-order valence-corrected chi connectivity index (χ2v) is 6.96. The summed E-state index contributed by atoms with van der Waals surface area (Å²) in [6.07, 6.45) is 2.21. The molecule has 1 unspecified atom stereocenters. The molecule has 1 aromatic carbocycles. The Morgan fingerprint density at radius 3 is 2.76 bits per heavy atom. The quantitative estimate of drug-likeness (QED) is 0.246. The number of ether oxygens (including phenoxy) is 2. The molecule has 1 aromatic heterocycles. The third kappa shape index (κ3) is 6.68. The molecule has 0 spiro atoms. The Labute approximate surface area is 190 Å². The lowest BCUT2D eigenvalue weighted by molar-refractivity contribution is 0.0420. The number of rotatable bonds is 8. The Morgan fingerprint density at radius 1 is 1.28 bits per heavy atom. The molecular formula is C21H32IN5O2. The predicted octanol–water partition coefficient (Wildman–Crippen LogP) is 2.97. The summed E-state index contributed by atoms with van der Waals surface area (Å²) in [5, 5.41) is 11.4. The lowest BCUT2D eigenvalue weighted by Gasteiger charge is -2.13. The first-order valence-electron chi connectivity index (χ1n) is 9.93. The van der Waals surface area contributed by atoms with Crippen molar-refractivity contribution in [1.29, 1.82) is 0 Å².